The third kappa shape index (κ3) is 2.78. The summed E-state index contributed by atoms with van der Waals surface area (Å²) in [5.41, 5.74) is 11.0. The summed E-state index contributed by atoms with van der Waals surface area (Å²) in [4.78, 5) is 2.75. The molecular weight excluding hydrogens is 242 g/mol. The van der Waals surface area contributed by atoms with E-state index in [-0.39, 0.29) is 0 Å². The summed E-state index contributed by atoms with van der Waals surface area (Å²) in [6, 6.07) is 13.0. The van der Waals surface area contributed by atoms with E-state index in [2.05, 4.69) is 10.0 Å². The first-order valence-corrected chi connectivity index (χ1v) is 5.66. The Morgan fingerprint density at radius 1 is 0.895 bits per heavy atom. The molecule has 0 aliphatic rings. The molecule has 2 rings (SSSR count). The van der Waals surface area contributed by atoms with E-state index < -0.39 is 0 Å². The Morgan fingerprint density at radius 3 is 2.11 bits per heavy atom. The zero-order chi connectivity index (χ0) is 13.7. The molecular formula is C14H13N3O2. The maximum atomic E-state index is 8.36. The fourth-order valence-corrected chi connectivity index (χ4v) is 1.79. The van der Waals surface area contributed by atoms with Crippen LogP contribution in [0, 0.1) is 0 Å². The number of ether oxygens (including phenoxy) is 2. The molecule has 0 heterocycles. The molecule has 0 radical (unpaired) electrons. The van der Waals surface area contributed by atoms with E-state index in [1.54, 1.807) is 26.4 Å². The summed E-state index contributed by atoms with van der Waals surface area (Å²) in [6.07, 6.45) is 0. The molecule has 0 unspecified atom stereocenters. The molecule has 0 saturated carbocycles. The number of nitrogens with zero attached hydrogens (tertiary/aromatic N) is 3. The van der Waals surface area contributed by atoms with Gasteiger partial charge in [0.1, 0.15) is 0 Å². The van der Waals surface area contributed by atoms with Gasteiger partial charge in [-0.05, 0) is 28.8 Å². The van der Waals surface area contributed by atoms with Crippen LogP contribution in [0.1, 0.15) is 0 Å². The lowest BCUT2D eigenvalue weighted by Gasteiger charge is -2.09. The van der Waals surface area contributed by atoms with E-state index in [9.17, 15) is 0 Å². The fraction of sp³-hybridized carbons (Fsp3) is 0.143. The maximum Gasteiger partial charge on any atom is 0.161 e. The first kappa shape index (κ1) is 12.8. The topological polar surface area (TPSA) is 67.2 Å². The highest BCUT2D eigenvalue weighted by Crippen LogP contribution is 2.32. The van der Waals surface area contributed by atoms with Crippen molar-refractivity contribution >= 4 is 5.69 Å². The van der Waals surface area contributed by atoms with Gasteiger partial charge in [-0.1, -0.05) is 35.4 Å². The Kier molecular flexibility index (Phi) is 3.90. The number of methoxy groups -OCH3 is 2. The van der Waals surface area contributed by atoms with E-state index in [1.807, 2.05) is 30.3 Å². The summed E-state index contributed by atoms with van der Waals surface area (Å²) in [5.74, 6) is 1.37. The highest BCUT2D eigenvalue weighted by atomic mass is 16.5. The SMILES string of the molecule is COc1ccc(-c2ccc(N=[N+]=[N-])cc2)cc1OC. The minimum Gasteiger partial charge on any atom is -0.493 e. The molecule has 96 valence electrons. The molecule has 2 aromatic carbocycles. The van der Waals surface area contributed by atoms with Crippen LogP contribution in [0.15, 0.2) is 47.6 Å². The summed E-state index contributed by atoms with van der Waals surface area (Å²) < 4.78 is 10.5. The van der Waals surface area contributed by atoms with Crippen LogP contribution in [0.2, 0.25) is 0 Å². The molecule has 0 amide bonds. The maximum absolute atomic E-state index is 8.36. The van der Waals surface area contributed by atoms with E-state index in [0.29, 0.717) is 17.2 Å². The molecule has 5 heteroatoms. The zero-order valence-corrected chi connectivity index (χ0v) is 10.7. The quantitative estimate of drug-likeness (QED) is 0.464. The second-order valence-electron chi connectivity index (χ2n) is 3.81. The van der Waals surface area contributed by atoms with Gasteiger partial charge < -0.3 is 9.47 Å². The lowest BCUT2D eigenvalue weighted by Crippen LogP contribution is -1.90. The van der Waals surface area contributed by atoms with Crippen LogP contribution >= 0.6 is 0 Å². The van der Waals surface area contributed by atoms with Crippen molar-refractivity contribution in [1.29, 1.82) is 0 Å². The van der Waals surface area contributed by atoms with E-state index >= 15 is 0 Å². The third-order valence-electron chi connectivity index (χ3n) is 2.74. The smallest absolute Gasteiger partial charge is 0.161 e. The molecule has 0 saturated heterocycles. The van der Waals surface area contributed by atoms with Gasteiger partial charge in [0.15, 0.2) is 11.5 Å². The standard InChI is InChI=1S/C14H13N3O2/c1-18-13-8-5-11(9-14(13)19-2)10-3-6-12(7-4-10)16-17-15/h3-9H,1-2H3. The van der Waals surface area contributed by atoms with Crippen LogP contribution in [0.25, 0.3) is 21.6 Å². The molecule has 0 atom stereocenters. The van der Waals surface area contributed by atoms with Crippen LogP contribution in [-0.2, 0) is 0 Å². The number of azide groups is 1. The number of rotatable bonds is 4. The highest BCUT2D eigenvalue weighted by molar-refractivity contribution is 5.68. The van der Waals surface area contributed by atoms with E-state index in [4.69, 9.17) is 15.0 Å². The average Bonchev–Trinajstić information content (AvgIpc) is 2.47. The largest absolute Gasteiger partial charge is 0.493 e. The summed E-state index contributed by atoms with van der Waals surface area (Å²) in [6.45, 7) is 0. The van der Waals surface area contributed by atoms with Gasteiger partial charge in [0.05, 0.1) is 14.2 Å². The minimum absolute atomic E-state index is 0.590. The molecule has 0 aliphatic carbocycles. The van der Waals surface area contributed by atoms with Crippen molar-refractivity contribution in [3.05, 3.63) is 52.9 Å². The fourth-order valence-electron chi connectivity index (χ4n) is 1.79. The average molecular weight is 255 g/mol. The van der Waals surface area contributed by atoms with Crippen molar-refractivity contribution in [2.45, 2.75) is 0 Å². The van der Waals surface area contributed by atoms with Crippen molar-refractivity contribution in [3.63, 3.8) is 0 Å². The predicted molar refractivity (Wildman–Crippen MR) is 73.8 cm³/mol. The first-order valence-electron chi connectivity index (χ1n) is 5.66. The van der Waals surface area contributed by atoms with Gasteiger partial charge >= 0.3 is 0 Å². The van der Waals surface area contributed by atoms with Crippen molar-refractivity contribution in [2.24, 2.45) is 5.11 Å². The molecule has 0 N–H and O–H groups in total. The Hall–Kier alpha value is -2.65. The Balaban J connectivity index is 2.38. The van der Waals surface area contributed by atoms with E-state index in [1.165, 1.54) is 0 Å². The van der Waals surface area contributed by atoms with Crippen LogP contribution < -0.4 is 9.47 Å². The van der Waals surface area contributed by atoms with E-state index in [0.717, 1.165) is 11.1 Å². The predicted octanol–water partition coefficient (Wildman–Crippen LogP) is 4.31. The highest BCUT2D eigenvalue weighted by Gasteiger charge is 2.05. The first-order chi connectivity index (χ1) is 9.28. The van der Waals surface area contributed by atoms with Gasteiger partial charge in [0, 0.05) is 10.6 Å². The molecule has 5 nitrogen and oxygen atoms in total. The molecule has 19 heavy (non-hydrogen) atoms. The Bertz CT molecular complexity index is 617. The van der Waals surface area contributed by atoms with Crippen LogP contribution in [-0.4, -0.2) is 14.2 Å². The zero-order valence-electron chi connectivity index (χ0n) is 10.7. The number of hydrogen-bond donors (Lipinski definition) is 0. The van der Waals surface area contributed by atoms with Crippen molar-refractivity contribution in [2.75, 3.05) is 14.2 Å². The second-order valence-corrected chi connectivity index (χ2v) is 3.81. The summed E-state index contributed by atoms with van der Waals surface area (Å²) in [7, 11) is 3.21. The minimum atomic E-state index is 0.590. The summed E-state index contributed by atoms with van der Waals surface area (Å²) >= 11 is 0. The lowest BCUT2D eigenvalue weighted by molar-refractivity contribution is 0.355. The monoisotopic (exact) mass is 255 g/mol. The van der Waals surface area contributed by atoms with Crippen LogP contribution in [0.3, 0.4) is 0 Å². The number of benzene rings is 2. The molecule has 0 spiro atoms. The molecule has 0 fully saturated rings. The van der Waals surface area contributed by atoms with Gasteiger partial charge in [-0.2, -0.15) is 0 Å². The second kappa shape index (κ2) is 5.80. The Labute approximate surface area is 111 Å². The Morgan fingerprint density at radius 2 is 1.53 bits per heavy atom. The summed E-state index contributed by atoms with van der Waals surface area (Å²) in [5, 5.41) is 3.54. The van der Waals surface area contributed by atoms with Gasteiger partial charge in [0.2, 0.25) is 0 Å². The molecule has 2 aromatic rings. The molecule has 0 aromatic heterocycles. The van der Waals surface area contributed by atoms with Crippen molar-refractivity contribution in [1.82, 2.24) is 0 Å². The van der Waals surface area contributed by atoms with Crippen molar-refractivity contribution in [3.8, 4) is 22.6 Å². The third-order valence-corrected chi connectivity index (χ3v) is 2.74. The van der Waals surface area contributed by atoms with Gasteiger partial charge in [-0.3, -0.25) is 0 Å². The van der Waals surface area contributed by atoms with Crippen molar-refractivity contribution < 1.29 is 9.47 Å². The van der Waals surface area contributed by atoms with Gasteiger partial charge in [-0.15, -0.1) is 0 Å². The molecule has 0 bridgehead atoms. The van der Waals surface area contributed by atoms with Gasteiger partial charge in [0.25, 0.3) is 0 Å². The van der Waals surface area contributed by atoms with Crippen LogP contribution in [0.4, 0.5) is 5.69 Å². The number of hydrogen-bond acceptors (Lipinski definition) is 3. The normalized spacial score (nSPS) is 9.58. The van der Waals surface area contributed by atoms with Gasteiger partial charge in [-0.25, -0.2) is 0 Å². The molecule has 0 aliphatic heterocycles. The van der Waals surface area contributed by atoms with Crippen LogP contribution in [0.5, 0.6) is 11.5 Å². The lowest BCUT2D eigenvalue weighted by atomic mass is 10.0.